The van der Waals surface area contributed by atoms with Gasteiger partial charge in [-0.15, -0.1) is 0 Å². The van der Waals surface area contributed by atoms with Gasteiger partial charge in [0.2, 0.25) is 0 Å². The first-order valence-corrected chi connectivity index (χ1v) is 10.9. The number of nitrogens with one attached hydrogen (secondary N) is 1. The van der Waals surface area contributed by atoms with Gasteiger partial charge in [-0.2, -0.15) is 5.26 Å². The number of carbonyl (C=O) groups is 1. The fourth-order valence-electron chi connectivity index (χ4n) is 3.12. The van der Waals surface area contributed by atoms with Gasteiger partial charge in [0.1, 0.15) is 30.5 Å². The second-order valence-electron chi connectivity index (χ2n) is 7.01. The molecule has 1 aliphatic rings. The third-order valence-electron chi connectivity index (χ3n) is 4.70. The second-order valence-corrected chi connectivity index (χ2v) is 8.02. The molecule has 1 N–H and O–H groups in total. The van der Waals surface area contributed by atoms with Gasteiger partial charge in [0.05, 0.1) is 20.8 Å². The molecule has 3 aromatic rings. The maximum atomic E-state index is 12.8. The van der Waals surface area contributed by atoms with Crippen molar-refractivity contribution in [3.05, 3.63) is 80.2 Å². The summed E-state index contributed by atoms with van der Waals surface area (Å²) in [6.45, 7) is 0.448. The number of amides is 1. The van der Waals surface area contributed by atoms with E-state index in [9.17, 15) is 30.3 Å². The Bertz CT molecular complexity index is 1440. The first-order valence-electron chi connectivity index (χ1n) is 10.1. The summed E-state index contributed by atoms with van der Waals surface area (Å²) in [4.78, 5) is 42.9. The van der Waals surface area contributed by atoms with Crippen molar-refractivity contribution in [3.63, 3.8) is 0 Å². The fraction of sp³-hybridized carbons (Fsp3) is 0.0909. The SMILES string of the molecule is N#C/C(=C/c1ccc(Sc2ncccn2)c([N+](=O)[O-])c1)C(=O)Nc1cc2c(cc1[N+](=O)[O-])OCCO2. The molecule has 0 saturated heterocycles. The average molecular weight is 506 g/mol. The highest BCUT2D eigenvalue weighted by molar-refractivity contribution is 7.99. The lowest BCUT2D eigenvalue weighted by Crippen LogP contribution is -2.18. The van der Waals surface area contributed by atoms with Gasteiger partial charge in [-0.3, -0.25) is 25.0 Å². The van der Waals surface area contributed by atoms with Gasteiger partial charge in [0, 0.05) is 24.5 Å². The van der Waals surface area contributed by atoms with Crippen molar-refractivity contribution < 1.29 is 24.1 Å². The maximum absolute atomic E-state index is 12.8. The minimum atomic E-state index is -0.948. The van der Waals surface area contributed by atoms with E-state index in [1.165, 1.54) is 36.7 Å². The molecule has 0 unspecified atom stereocenters. The van der Waals surface area contributed by atoms with E-state index in [2.05, 4.69) is 15.3 Å². The predicted octanol–water partition coefficient (Wildman–Crippen LogP) is 3.76. The molecule has 180 valence electrons. The number of nitro benzene ring substituents is 2. The van der Waals surface area contributed by atoms with Crippen LogP contribution in [0.15, 0.2) is 64.4 Å². The van der Waals surface area contributed by atoms with E-state index in [4.69, 9.17) is 9.47 Å². The topological polar surface area (TPSA) is 183 Å². The Morgan fingerprint density at radius 3 is 2.36 bits per heavy atom. The average Bonchev–Trinajstić information content (AvgIpc) is 2.87. The van der Waals surface area contributed by atoms with Crippen molar-refractivity contribution >= 4 is 40.8 Å². The van der Waals surface area contributed by atoms with Crippen LogP contribution in [0, 0.1) is 31.6 Å². The van der Waals surface area contributed by atoms with Crippen molar-refractivity contribution in [2.24, 2.45) is 0 Å². The summed E-state index contributed by atoms with van der Waals surface area (Å²) in [6, 6.07) is 9.81. The van der Waals surface area contributed by atoms with E-state index < -0.39 is 27.0 Å². The van der Waals surface area contributed by atoms with Crippen LogP contribution in [0.5, 0.6) is 11.5 Å². The van der Waals surface area contributed by atoms with Gasteiger partial charge in [-0.05, 0) is 35.5 Å². The van der Waals surface area contributed by atoms with Crippen molar-refractivity contribution in [3.8, 4) is 17.6 Å². The molecule has 0 aliphatic carbocycles. The summed E-state index contributed by atoms with van der Waals surface area (Å²) in [7, 11) is 0. The molecular weight excluding hydrogens is 492 g/mol. The first-order chi connectivity index (χ1) is 17.4. The van der Waals surface area contributed by atoms with Gasteiger partial charge in [0.15, 0.2) is 16.7 Å². The Morgan fingerprint density at radius 1 is 1.06 bits per heavy atom. The van der Waals surface area contributed by atoms with E-state index in [-0.39, 0.29) is 46.5 Å². The van der Waals surface area contributed by atoms with Crippen molar-refractivity contribution in [1.29, 1.82) is 5.26 Å². The molecule has 0 radical (unpaired) electrons. The second kappa shape index (κ2) is 10.5. The molecule has 36 heavy (non-hydrogen) atoms. The number of ether oxygens (including phenoxy) is 2. The molecule has 1 aromatic heterocycles. The summed E-state index contributed by atoms with van der Waals surface area (Å²) in [5, 5.41) is 35.3. The molecule has 0 bridgehead atoms. The zero-order valence-electron chi connectivity index (χ0n) is 18.1. The third kappa shape index (κ3) is 5.37. The van der Waals surface area contributed by atoms with Crippen LogP contribution in [0.1, 0.15) is 5.56 Å². The van der Waals surface area contributed by atoms with Crippen LogP contribution < -0.4 is 14.8 Å². The van der Waals surface area contributed by atoms with Crippen LogP contribution in [0.3, 0.4) is 0 Å². The van der Waals surface area contributed by atoms with Crippen LogP contribution in [-0.4, -0.2) is 38.9 Å². The number of nitro groups is 2. The van der Waals surface area contributed by atoms with E-state index in [0.717, 1.165) is 23.9 Å². The molecule has 0 spiro atoms. The number of benzene rings is 2. The first kappa shape index (κ1) is 24.1. The number of carbonyl (C=O) groups excluding carboxylic acids is 1. The Balaban J connectivity index is 1.62. The smallest absolute Gasteiger partial charge is 0.296 e. The van der Waals surface area contributed by atoms with Crippen LogP contribution in [0.4, 0.5) is 17.1 Å². The summed E-state index contributed by atoms with van der Waals surface area (Å²) < 4.78 is 10.7. The highest BCUT2D eigenvalue weighted by Crippen LogP contribution is 2.39. The molecule has 0 atom stereocenters. The highest BCUT2D eigenvalue weighted by Gasteiger charge is 2.25. The van der Waals surface area contributed by atoms with E-state index in [1.807, 2.05) is 0 Å². The molecule has 2 aromatic carbocycles. The van der Waals surface area contributed by atoms with Crippen LogP contribution in [0.25, 0.3) is 6.08 Å². The number of rotatable bonds is 7. The monoisotopic (exact) mass is 506 g/mol. The number of aromatic nitrogens is 2. The largest absolute Gasteiger partial charge is 0.486 e. The number of hydrogen-bond donors (Lipinski definition) is 1. The van der Waals surface area contributed by atoms with E-state index in [1.54, 1.807) is 12.1 Å². The fourth-order valence-corrected chi connectivity index (χ4v) is 3.92. The zero-order valence-corrected chi connectivity index (χ0v) is 18.9. The molecule has 1 aliphatic heterocycles. The maximum Gasteiger partial charge on any atom is 0.296 e. The standard InChI is InChI=1S/C22H14N6O7S/c23-12-14(21(29)26-15-10-18-19(35-7-6-34-18)11-16(15)27(30)31)8-13-2-3-20(17(9-13)28(32)33)36-22-24-4-1-5-25-22/h1-5,8-11H,6-7H2,(H,26,29)/b14-8-. The Labute approximate surface area is 206 Å². The molecular formula is C22H14N6O7S. The summed E-state index contributed by atoms with van der Waals surface area (Å²) in [5.74, 6) is -0.583. The molecule has 2 heterocycles. The minimum Gasteiger partial charge on any atom is -0.486 e. The van der Waals surface area contributed by atoms with Crippen LogP contribution in [0.2, 0.25) is 0 Å². The quantitative estimate of drug-likeness (QED) is 0.162. The minimum absolute atomic E-state index is 0.160. The number of anilines is 1. The van der Waals surface area contributed by atoms with E-state index >= 15 is 0 Å². The molecule has 0 saturated carbocycles. The van der Waals surface area contributed by atoms with Gasteiger partial charge in [-0.25, -0.2) is 9.97 Å². The third-order valence-corrected chi connectivity index (χ3v) is 5.66. The summed E-state index contributed by atoms with van der Waals surface area (Å²) in [6.07, 6.45) is 4.14. The van der Waals surface area contributed by atoms with Crippen molar-refractivity contribution in [2.75, 3.05) is 18.5 Å². The molecule has 0 fully saturated rings. The Kier molecular flexibility index (Phi) is 7.02. The Hall–Kier alpha value is -5.03. The van der Waals surface area contributed by atoms with Crippen LogP contribution in [-0.2, 0) is 4.79 Å². The predicted molar refractivity (Wildman–Crippen MR) is 126 cm³/mol. The van der Waals surface area contributed by atoms with Crippen molar-refractivity contribution in [1.82, 2.24) is 9.97 Å². The number of nitriles is 1. The number of nitrogens with zero attached hydrogens (tertiary/aromatic N) is 5. The van der Waals surface area contributed by atoms with Gasteiger partial charge < -0.3 is 14.8 Å². The Morgan fingerprint density at radius 2 is 1.72 bits per heavy atom. The molecule has 14 heteroatoms. The lowest BCUT2D eigenvalue weighted by Gasteiger charge is -2.19. The van der Waals surface area contributed by atoms with Crippen molar-refractivity contribution in [2.45, 2.75) is 10.1 Å². The summed E-state index contributed by atoms with van der Waals surface area (Å²) >= 11 is 0.985. The summed E-state index contributed by atoms with van der Waals surface area (Å²) in [5.41, 5.74) is -1.16. The number of fused-ring (bicyclic) bond motifs is 1. The van der Waals surface area contributed by atoms with Gasteiger partial charge in [-0.1, -0.05) is 6.07 Å². The van der Waals surface area contributed by atoms with Gasteiger partial charge >= 0.3 is 0 Å². The lowest BCUT2D eigenvalue weighted by atomic mass is 10.1. The number of hydrogen-bond acceptors (Lipinski definition) is 11. The molecule has 13 nitrogen and oxygen atoms in total. The van der Waals surface area contributed by atoms with Gasteiger partial charge in [0.25, 0.3) is 17.3 Å². The normalized spacial score (nSPS) is 12.4. The molecule has 4 rings (SSSR count). The lowest BCUT2D eigenvalue weighted by molar-refractivity contribution is -0.387. The highest BCUT2D eigenvalue weighted by atomic mass is 32.2. The van der Waals surface area contributed by atoms with Crippen LogP contribution >= 0.6 is 11.8 Å². The zero-order chi connectivity index (χ0) is 25.7. The molecule has 1 amide bonds. The van der Waals surface area contributed by atoms with E-state index in [0.29, 0.717) is 5.16 Å².